The van der Waals surface area contributed by atoms with Crippen molar-refractivity contribution in [3.8, 4) is 0 Å². The van der Waals surface area contributed by atoms with E-state index in [0.717, 1.165) is 38.4 Å². The maximum absolute atomic E-state index is 12.6. The zero-order valence-electron chi connectivity index (χ0n) is 15.8. The quantitative estimate of drug-likeness (QED) is 0.737. The van der Waals surface area contributed by atoms with Gasteiger partial charge in [-0.2, -0.15) is 0 Å². The summed E-state index contributed by atoms with van der Waals surface area (Å²) in [5, 5.41) is 2.87. The summed E-state index contributed by atoms with van der Waals surface area (Å²) >= 11 is 0. The van der Waals surface area contributed by atoms with Crippen molar-refractivity contribution in [3.05, 3.63) is 59.7 Å². The van der Waals surface area contributed by atoms with Crippen LogP contribution < -0.4 is 10.0 Å². The van der Waals surface area contributed by atoms with Crippen LogP contribution in [0.3, 0.4) is 0 Å². The van der Waals surface area contributed by atoms with E-state index in [4.69, 9.17) is 4.74 Å². The van der Waals surface area contributed by atoms with Gasteiger partial charge in [0.25, 0.3) is 15.9 Å². The highest BCUT2D eigenvalue weighted by Crippen LogP contribution is 2.19. The molecule has 2 N–H and O–H groups in total. The standard InChI is InChI=1S/C20H25N3O4S/c1-16-4-2-3-5-19(16)22-28(25,26)18-8-6-17(7-9-18)20(24)21-10-11-23-12-14-27-15-13-23/h2-9,22H,10-15H2,1H3,(H,21,24). The number of benzene rings is 2. The summed E-state index contributed by atoms with van der Waals surface area (Å²) in [6.07, 6.45) is 0. The van der Waals surface area contributed by atoms with Crippen molar-refractivity contribution < 1.29 is 17.9 Å². The topological polar surface area (TPSA) is 87.7 Å². The van der Waals surface area contributed by atoms with E-state index in [0.29, 0.717) is 17.8 Å². The average molecular weight is 404 g/mol. The summed E-state index contributed by atoms with van der Waals surface area (Å²) in [6.45, 7) is 6.32. The fourth-order valence-electron chi connectivity index (χ4n) is 2.93. The minimum Gasteiger partial charge on any atom is -0.379 e. The van der Waals surface area contributed by atoms with E-state index in [2.05, 4.69) is 14.9 Å². The molecule has 0 aliphatic carbocycles. The van der Waals surface area contributed by atoms with Crippen LogP contribution in [0.2, 0.25) is 0 Å². The molecule has 3 rings (SSSR count). The molecular weight excluding hydrogens is 378 g/mol. The molecule has 1 saturated heterocycles. The van der Waals surface area contributed by atoms with Crippen LogP contribution in [0, 0.1) is 6.92 Å². The Balaban J connectivity index is 1.57. The number of hydrogen-bond acceptors (Lipinski definition) is 5. The molecule has 28 heavy (non-hydrogen) atoms. The third-order valence-electron chi connectivity index (χ3n) is 4.63. The Labute approximate surface area is 165 Å². The SMILES string of the molecule is Cc1ccccc1NS(=O)(=O)c1ccc(C(=O)NCCN2CCOCC2)cc1. The zero-order valence-corrected chi connectivity index (χ0v) is 16.7. The lowest BCUT2D eigenvalue weighted by Gasteiger charge is -2.26. The number of carbonyl (C=O) groups excluding carboxylic acids is 1. The molecule has 1 amide bonds. The van der Waals surface area contributed by atoms with E-state index in [1.807, 2.05) is 19.1 Å². The summed E-state index contributed by atoms with van der Waals surface area (Å²) in [5.41, 5.74) is 1.80. The number of nitrogens with one attached hydrogen (secondary N) is 2. The van der Waals surface area contributed by atoms with Gasteiger partial charge in [0.1, 0.15) is 0 Å². The van der Waals surface area contributed by atoms with Crippen LogP contribution in [0.25, 0.3) is 0 Å². The number of rotatable bonds is 7. The molecule has 2 aromatic carbocycles. The third-order valence-corrected chi connectivity index (χ3v) is 6.01. The minimum atomic E-state index is -3.71. The molecule has 2 aromatic rings. The van der Waals surface area contributed by atoms with Crippen LogP contribution in [0.1, 0.15) is 15.9 Å². The highest BCUT2D eigenvalue weighted by molar-refractivity contribution is 7.92. The minimum absolute atomic E-state index is 0.112. The second kappa shape index (κ2) is 9.18. The molecule has 150 valence electrons. The summed E-state index contributed by atoms with van der Waals surface area (Å²) in [4.78, 5) is 14.6. The van der Waals surface area contributed by atoms with E-state index in [1.165, 1.54) is 24.3 Å². The highest BCUT2D eigenvalue weighted by atomic mass is 32.2. The first-order valence-corrected chi connectivity index (χ1v) is 10.7. The number of ether oxygens (including phenoxy) is 1. The van der Waals surface area contributed by atoms with E-state index >= 15 is 0 Å². The van der Waals surface area contributed by atoms with Gasteiger partial charge in [0.05, 0.1) is 23.8 Å². The monoisotopic (exact) mass is 403 g/mol. The molecule has 0 aromatic heterocycles. The molecular formula is C20H25N3O4S. The Hall–Kier alpha value is -2.42. The lowest BCUT2D eigenvalue weighted by Crippen LogP contribution is -2.41. The van der Waals surface area contributed by atoms with Crippen LogP contribution >= 0.6 is 0 Å². The largest absolute Gasteiger partial charge is 0.379 e. The van der Waals surface area contributed by atoms with Gasteiger partial charge in [-0.05, 0) is 42.8 Å². The molecule has 0 atom stereocenters. The highest BCUT2D eigenvalue weighted by Gasteiger charge is 2.16. The van der Waals surface area contributed by atoms with Gasteiger partial charge in [-0.3, -0.25) is 14.4 Å². The number of amides is 1. The number of aryl methyl sites for hydroxylation is 1. The fraction of sp³-hybridized carbons (Fsp3) is 0.350. The van der Waals surface area contributed by atoms with Gasteiger partial charge < -0.3 is 10.1 Å². The molecule has 0 bridgehead atoms. The Kier molecular flexibility index (Phi) is 6.66. The Morgan fingerprint density at radius 1 is 1.07 bits per heavy atom. The number of hydrogen-bond donors (Lipinski definition) is 2. The molecule has 0 saturated carbocycles. The van der Waals surface area contributed by atoms with Crippen molar-refractivity contribution >= 4 is 21.6 Å². The maximum atomic E-state index is 12.6. The number of nitrogens with zero attached hydrogens (tertiary/aromatic N) is 1. The fourth-order valence-corrected chi connectivity index (χ4v) is 4.06. The van der Waals surface area contributed by atoms with Crippen molar-refractivity contribution in [3.63, 3.8) is 0 Å². The normalized spacial score (nSPS) is 15.2. The van der Waals surface area contributed by atoms with E-state index in [-0.39, 0.29) is 10.8 Å². The van der Waals surface area contributed by atoms with Gasteiger partial charge in [-0.25, -0.2) is 8.42 Å². The molecule has 1 aliphatic heterocycles. The smallest absolute Gasteiger partial charge is 0.261 e. The first-order chi connectivity index (χ1) is 13.5. The molecule has 0 spiro atoms. The third kappa shape index (κ3) is 5.31. The van der Waals surface area contributed by atoms with Crippen molar-refractivity contribution in [2.24, 2.45) is 0 Å². The molecule has 1 fully saturated rings. The summed E-state index contributed by atoms with van der Waals surface area (Å²) in [5.74, 6) is -0.218. The molecule has 8 heteroatoms. The molecule has 7 nitrogen and oxygen atoms in total. The van der Waals surface area contributed by atoms with Crippen LogP contribution in [0.5, 0.6) is 0 Å². The maximum Gasteiger partial charge on any atom is 0.261 e. The second-order valence-corrected chi connectivity index (χ2v) is 8.34. The van der Waals surface area contributed by atoms with Crippen LogP contribution in [0.15, 0.2) is 53.4 Å². The summed E-state index contributed by atoms with van der Waals surface area (Å²) in [7, 11) is -3.71. The summed E-state index contributed by atoms with van der Waals surface area (Å²) in [6, 6.07) is 13.1. The van der Waals surface area contributed by atoms with E-state index < -0.39 is 10.0 Å². The first-order valence-electron chi connectivity index (χ1n) is 9.22. The number of morpholine rings is 1. The van der Waals surface area contributed by atoms with Gasteiger partial charge in [-0.15, -0.1) is 0 Å². The molecule has 1 heterocycles. The van der Waals surface area contributed by atoms with E-state index in [1.54, 1.807) is 12.1 Å². The molecule has 1 aliphatic rings. The van der Waals surface area contributed by atoms with Gasteiger partial charge in [-0.1, -0.05) is 18.2 Å². The van der Waals surface area contributed by atoms with Crippen molar-refractivity contribution in [2.45, 2.75) is 11.8 Å². The van der Waals surface area contributed by atoms with Crippen LogP contribution in [-0.4, -0.2) is 58.6 Å². The van der Waals surface area contributed by atoms with E-state index in [9.17, 15) is 13.2 Å². The number of sulfonamides is 1. The Bertz CT molecular complexity index is 907. The van der Waals surface area contributed by atoms with Crippen LogP contribution in [-0.2, 0) is 14.8 Å². The Morgan fingerprint density at radius 2 is 1.75 bits per heavy atom. The number of carbonyl (C=O) groups is 1. The average Bonchev–Trinajstić information content (AvgIpc) is 2.70. The lowest BCUT2D eigenvalue weighted by atomic mass is 10.2. The molecule has 0 unspecified atom stereocenters. The molecule has 0 radical (unpaired) electrons. The van der Waals surface area contributed by atoms with Gasteiger partial charge >= 0.3 is 0 Å². The summed E-state index contributed by atoms with van der Waals surface area (Å²) < 4.78 is 33.0. The lowest BCUT2D eigenvalue weighted by molar-refractivity contribution is 0.0383. The second-order valence-electron chi connectivity index (χ2n) is 6.65. The number of para-hydroxylation sites is 1. The first kappa shape index (κ1) is 20.3. The number of anilines is 1. The predicted octanol–water partition coefficient (Wildman–Crippen LogP) is 1.86. The van der Waals surface area contributed by atoms with Crippen molar-refractivity contribution in [1.29, 1.82) is 0 Å². The van der Waals surface area contributed by atoms with Gasteiger partial charge in [0, 0.05) is 31.7 Å². The Morgan fingerprint density at radius 3 is 2.43 bits per heavy atom. The van der Waals surface area contributed by atoms with Crippen molar-refractivity contribution in [2.75, 3.05) is 44.1 Å². The van der Waals surface area contributed by atoms with Crippen LogP contribution in [0.4, 0.5) is 5.69 Å². The van der Waals surface area contributed by atoms with Gasteiger partial charge in [0.15, 0.2) is 0 Å². The van der Waals surface area contributed by atoms with Crippen molar-refractivity contribution in [1.82, 2.24) is 10.2 Å². The van der Waals surface area contributed by atoms with Gasteiger partial charge in [0.2, 0.25) is 0 Å². The predicted molar refractivity (Wildman–Crippen MR) is 108 cm³/mol. The zero-order chi connectivity index (χ0) is 20.0.